The molecule has 0 saturated heterocycles. The van der Waals surface area contributed by atoms with Crippen molar-refractivity contribution in [2.45, 2.75) is 91.8 Å². The summed E-state index contributed by atoms with van der Waals surface area (Å²) in [6, 6.07) is 16.1. The minimum Gasteiger partial charge on any atom is -0.352 e. The fraction of sp³-hybridized carbons (Fsp3) is 0.500. The first-order valence-electron chi connectivity index (χ1n) is 13.5. The zero-order valence-electron chi connectivity index (χ0n) is 22.6. The molecule has 0 aliphatic carbocycles. The van der Waals surface area contributed by atoms with E-state index >= 15 is 0 Å². The predicted octanol–water partition coefficient (Wildman–Crippen LogP) is 5.91. The Balaban J connectivity index is 1.61. The van der Waals surface area contributed by atoms with E-state index in [4.69, 9.17) is 4.98 Å². The van der Waals surface area contributed by atoms with E-state index in [1.807, 2.05) is 49.4 Å². The van der Waals surface area contributed by atoms with E-state index in [2.05, 4.69) is 48.5 Å². The molecule has 3 aromatic rings. The molecule has 6 nitrogen and oxygen atoms in total. The van der Waals surface area contributed by atoms with Crippen LogP contribution in [0.5, 0.6) is 0 Å². The number of fused-ring (bicyclic) bond motifs is 1. The molecule has 36 heavy (non-hydrogen) atoms. The Bertz CT molecular complexity index is 1140. The highest BCUT2D eigenvalue weighted by Crippen LogP contribution is 2.20. The van der Waals surface area contributed by atoms with Crippen LogP contribution < -0.4 is 5.32 Å². The third-order valence-corrected chi connectivity index (χ3v) is 7.20. The second-order valence-corrected chi connectivity index (χ2v) is 9.80. The van der Waals surface area contributed by atoms with Crippen molar-refractivity contribution in [1.29, 1.82) is 0 Å². The van der Waals surface area contributed by atoms with Crippen LogP contribution in [-0.4, -0.2) is 44.9 Å². The Labute approximate surface area is 216 Å². The maximum atomic E-state index is 13.5. The molecule has 2 atom stereocenters. The average Bonchev–Trinajstić information content (AvgIpc) is 3.23. The SMILES string of the molecule is CCC(C)N(C(=O)Cn1c(CCCCCNC(=O)c2ccccc2C)nc2ccccc21)C(C)CC. The molecule has 194 valence electrons. The number of hydrogen-bond acceptors (Lipinski definition) is 3. The lowest BCUT2D eigenvalue weighted by Gasteiger charge is -2.34. The maximum absolute atomic E-state index is 13.5. The molecule has 0 spiro atoms. The molecular formula is C30H42N4O2. The highest BCUT2D eigenvalue weighted by molar-refractivity contribution is 5.95. The van der Waals surface area contributed by atoms with E-state index in [-0.39, 0.29) is 23.9 Å². The molecule has 3 rings (SSSR count). The molecule has 0 fully saturated rings. The molecule has 1 N–H and O–H groups in total. The van der Waals surface area contributed by atoms with Crippen LogP contribution in [-0.2, 0) is 17.8 Å². The number of aryl methyl sites for hydroxylation is 2. The van der Waals surface area contributed by atoms with Gasteiger partial charge in [0.05, 0.1) is 11.0 Å². The minimum absolute atomic E-state index is 0.0134. The van der Waals surface area contributed by atoms with Gasteiger partial charge in [-0.1, -0.05) is 50.6 Å². The fourth-order valence-electron chi connectivity index (χ4n) is 4.74. The van der Waals surface area contributed by atoms with Crippen molar-refractivity contribution in [2.24, 2.45) is 0 Å². The first kappa shape index (κ1) is 27.4. The second-order valence-electron chi connectivity index (χ2n) is 9.80. The first-order chi connectivity index (χ1) is 17.4. The summed E-state index contributed by atoms with van der Waals surface area (Å²) in [6.45, 7) is 11.5. The lowest BCUT2D eigenvalue weighted by molar-refractivity contribution is -0.136. The van der Waals surface area contributed by atoms with Gasteiger partial charge in [0.1, 0.15) is 12.4 Å². The summed E-state index contributed by atoms with van der Waals surface area (Å²) in [6.07, 6.45) is 5.53. The van der Waals surface area contributed by atoms with Crippen molar-refractivity contribution < 1.29 is 9.59 Å². The Morgan fingerprint density at radius 1 is 0.944 bits per heavy atom. The molecule has 6 heteroatoms. The molecular weight excluding hydrogens is 448 g/mol. The molecule has 1 aromatic heterocycles. The smallest absolute Gasteiger partial charge is 0.251 e. The van der Waals surface area contributed by atoms with Gasteiger partial charge < -0.3 is 14.8 Å². The maximum Gasteiger partial charge on any atom is 0.251 e. The van der Waals surface area contributed by atoms with E-state index in [0.717, 1.165) is 66.5 Å². The van der Waals surface area contributed by atoms with Gasteiger partial charge in [-0.05, 0) is 70.2 Å². The number of benzene rings is 2. The van der Waals surface area contributed by atoms with Gasteiger partial charge in [-0.3, -0.25) is 9.59 Å². The van der Waals surface area contributed by atoms with Crippen LogP contribution in [0, 0.1) is 6.92 Å². The topological polar surface area (TPSA) is 67.2 Å². The summed E-state index contributed by atoms with van der Waals surface area (Å²) < 4.78 is 2.11. The summed E-state index contributed by atoms with van der Waals surface area (Å²) in [5.74, 6) is 1.10. The summed E-state index contributed by atoms with van der Waals surface area (Å²) in [5.41, 5.74) is 3.67. The largest absolute Gasteiger partial charge is 0.352 e. The minimum atomic E-state index is -0.0134. The molecule has 2 amide bonds. The van der Waals surface area contributed by atoms with E-state index < -0.39 is 0 Å². The van der Waals surface area contributed by atoms with Crippen molar-refractivity contribution in [2.75, 3.05) is 6.54 Å². The second kappa shape index (κ2) is 13.2. The number of para-hydroxylation sites is 2. The van der Waals surface area contributed by atoms with Crippen LogP contribution in [0.3, 0.4) is 0 Å². The van der Waals surface area contributed by atoms with Gasteiger partial charge in [-0.25, -0.2) is 4.98 Å². The first-order valence-corrected chi connectivity index (χ1v) is 13.5. The van der Waals surface area contributed by atoms with Crippen molar-refractivity contribution in [3.8, 4) is 0 Å². The van der Waals surface area contributed by atoms with Gasteiger partial charge in [-0.2, -0.15) is 0 Å². The molecule has 0 aliphatic heterocycles. The molecule has 2 aromatic carbocycles. The van der Waals surface area contributed by atoms with Gasteiger partial charge in [0, 0.05) is 30.6 Å². The summed E-state index contributed by atoms with van der Waals surface area (Å²) in [7, 11) is 0. The Kier molecular flexibility index (Phi) is 10.1. The average molecular weight is 491 g/mol. The number of nitrogens with zero attached hydrogens (tertiary/aromatic N) is 3. The van der Waals surface area contributed by atoms with Crippen LogP contribution >= 0.6 is 0 Å². The van der Waals surface area contributed by atoms with Crippen LogP contribution in [0.15, 0.2) is 48.5 Å². The van der Waals surface area contributed by atoms with Crippen LogP contribution in [0.4, 0.5) is 0 Å². The molecule has 0 aliphatic rings. The van der Waals surface area contributed by atoms with Crippen LogP contribution in [0.1, 0.15) is 81.5 Å². The van der Waals surface area contributed by atoms with Crippen molar-refractivity contribution in [3.05, 3.63) is 65.5 Å². The van der Waals surface area contributed by atoms with E-state index in [0.29, 0.717) is 13.1 Å². The summed E-state index contributed by atoms with van der Waals surface area (Å²) in [5, 5.41) is 3.03. The van der Waals surface area contributed by atoms with Crippen molar-refractivity contribution >= 4 is 22.8 Å². The molecule has 2 unspecified atom stereocenters. The van der Waals surface area contributed by atoms with Gasteiger partial charge >= 0.3 is 0 Å². The Morgan fingerprint density at radius 2 is 1.61 bits per heavy atom. The summed E-state index contributed by atoms with van der Waals surface area (Å²) in [4.78, 5) is 32.8. The predicted molar refractivity (Wildman–Crippen MR) is 147 cm³/mol. The number of rotatable bonds is 13. The zero-order chi connectivity index (χ0) is 26.1. The number of carbonyl (C=O) groups excluding carboxylic acids is 2. The van der Waals surface area contributed by atoms with Crippen molar-refractivity contribution in [1.82, 2.24) is 19.8 Å². The van der Waals surface area contributed by atoms with Crippen molar-refractivity contribution in [3.63, 3.8) is 0 Å². The third kappa shape index (κ3) is 6.74. The van der Waals surface area contributed by atoms with Crippen LogP contribution in [0.2, 0.25) is 0 Å². The monoisotopic (exact) mass is 490 g/mol. The Morgan fingerprint density at radius 3 is 2.31 bits per heavy atom. The van der Waals surface area contributed by atoms with Gasteiger partial charge in [0.15, 0.2) is 0 Å². The molecule has 0 saturated carbocycles. The Hall–Kier alpha value is -3.15. The third-order valence-electron chi connectivity index (χ3n) is 7.20. The van der Waals surface area contributed by atoms with Gasteiger partial charge in [0.2, 0.25) is 5.91 Å². The number of unbranched alkanes of at least 4 members (excludes halogenated alkanes) is 2. The summed E-state index contributed by atoms with van der Waals surface area (Å²) >= 11 is 0. The number of carbonyl (C=O) groups is 2. The van der Waals surface area contributed by atoms with Crippen LogP contribution in [0.25, 0.3) is 11.0 Å². The number of amides is 2. The lowest BCUT2D eigenvalue weighted by atomic mass is 10.1. The number of imidazole rings is 1. The van der Waals surface area contributed by atoms with E-state index in [9.17, 15) is 9.59 Å². The molecule has 0 bridgehead atoms. The van der Waals surface area contributed by atoms with Gasteiger partial charge in [0.25, 0.3) is 5.91 Å². The normalized spacial score (nSPS) is 12.9. The quantitative estimate of drug-likeness (QED) is 0.303. The standard InChI is InChI=1S/C30H42N4O2/c1-6-23(4)34(24(5)7-2)29(35)21-33-27-18-13-12-17-26(27)32-28(33)19-9-8-14-20-31-30(36)25-16-11-10-15-22(25)3/h10-13,15-18,23-24H,6-9,14,19-21H2,1-5H3,(H,31,36). The number of nitrogens with one attached hydrogen (secondary N) is 1. The highest BCUT2D eigenvalue weighted by atomic mass is 16.2. The molecule has 1 heterocycles. The number of aromatic nitrogens is 2. The fourth-order valence-corrected chi connectivity index (χ4v) is 4.74. The lowest BCUT2D eigenvalue weighted by Crippen LogP contribution is -2.45. The number of hydrogen-bond donors (Lipinski definition) is 1. The van der Waals surface area contributed by atoms with Gasteiger partial charge in [-0.15, -0.1) is 0 Å². The van der Waals surface area contributed by atoms with E-state index in [1.54, 1.807) is 0 Å². The highest BCUT2D eigenvalue weighted by Gasteiger charge is 2.25. The molecule has 0 radical (unpaired) electrons. The zero-order valence-corrected chi connectivity index (χ0v) is 22.6. The van der Waals surface area contributed by atoms with E-state index in [1.165, 1.54) is 0 Å².